The lowest BCUT2D eigenvalue weighted by Gasteiger charge is -2.34. The summed E-state index contributed by atoms with van der Waals surface area (Å²) in [5, 5.41) is 0. The van der Waals surface area contributed by atoms with Gasteiger partial charge in [0.2, 0.25) is 0 Å². The zero-order chi connectivity index (χ0) is 15.0. The number of carbonyl (C=O) groups is 1. The van der Waals surface area contributed by atoms with Crippen LogP contribution in [0.2, 0.25) is 0 Å². The van der Waals surface area contributed by atoms with Crippen LogP contribution in [-0.2, 0) is 17.4 Å². The van der Waals surface area contributed by atoms with Crippen molar-refractivity contribution in [3.8, 4) is 0 Å². The van der Waals surface area contributed by atoms with Gasteiger partial charge in [-0.2, -0.15) is 13.2 Å². The number of Topliss-reactive ketones (excluding diaryl/α,β-unsaturated/α-hetero) is 1. The first kappa shape index (κ1) is 14.6. The minimum absolute atomic E-state index is 0.245. The van der Waals surface area contributed by atoms with Crippen LogP contribution < -0.4 is 0 Å². The Kier molecular flexibility index (Phi) is 3.78. The number of carbonyl (C=O) groups excluding carboxylic acids is 1. The molecule has 0 saturated carbocycles. The molecular weight excluding hydrogens is 279 g/mol. The molecule has 0 aliphatic carbocycles. The van der Waals surface area contributed by atoms with Crippen LogP contribution in [0.5, 0.6) is 0 Å². The largest absolute Gasteiger partial charge is 0.416 e. The van der Waals surface area contributed by atoms with Crippen LogP contribution >= 0.6 is 0 Å². The summed E-state index contributed by atoms with van der Waals surface area (Å²) in [6, 6.07) is 6.27. The molecule has 2 bridgehead atoms. The number of halogens is 3. The van der Waals surface area contributed by atoms with Gasteiger partial charge in [-0.1, -0.05) is 18.2 Å². The lowest BCUT2D eigenvalue weighted by molar-refractivity contribution is -0.138. The highest BCUT2D eigenvalue weighted by molar-refractivity contribution is 5.80. The van der Waals surface area contributed by atoms with E-state index in [0.717, 1.165) is 18.9 Å². The van der Waals surface area contributed by atoms with Crippen molar-refractivity contribution >= 4 is 5.78 Å². The number of ketones is 1. The van der Waals surface area contributed by atoms with E-state index in [2.05, 4.69) is 4.90 Å². The third kappa shape index (κ3) is 2.98. The first-order valence-electron chi connectivity index (χ1n) is 7.37. The van der Waals surface area contributed by atoms with Crippen molar-refractivity contribution in [1.29, 1.82) is 0 Å². The SMILES string of the molecule is O=C1CC2CCC(C1)N2CCc1ccccc1C(F)(F)F. The molecule has 5 heteroatoms. The Morgan fingerprint density at radius 1 is 1.10 bits per heavy atom. The maximum Gasteiger partial charge on any atom is 0.416 e. The smallest absolute Gasteiger partial charge is 0.300 e. The normalized spacial score (nSPS) is 26.3. The van der Waals surface area contributed by atoms with E-state index < -0.39 is 11.7 Å². The third-order valence-electron chi connectivity index (χ3n) is 4.66. The molecule has 2 aliphatic heterocycles. The van der Waals surface area contributed by atoms with Gasteiger partial charge in [-0.3, -0.25) is 9.69 Å². The Balaban J connectivity index is 1.70. The van der Waals surface area contributed by atoms with E-state index in [1.807, 2.05) is 0 Å². The molecular formula is C16H18F3NO. The molecule has 2 unspecified atom stereocenters. The van der Waals surface area contributed by atoms with E-state index in [1.165, 1.54) is 6.07 Å². The van der Waals surface area contributed by atoms with Crippen LogP contribution in [-0.4, -0.2) is 29.3 Å². The molecule has 2 aliphatic rings. The zero-order valence-electron chi connectivity index (χ0n) is 11.7. The lowest BCUT2D eigenvalue weighted by atomic mass is 9.99. The van der Waals surface area contributed by atoms with E-state index in [0.29, 0.717) is 37.2 Å². The molecule has 2 fully saturated rings. The minimum atomic E-state index is -4.30. The molecule has 1 aromatic rings. The molecule has 0 aromatic heterocycles. The summed E-state index contributed by atoms with van der Waals surface area (Å²) in [6.45, 7) is 0.607. The van der Waals surface area contributed by atoms with Crippen LogP contribution in [0.4, 0.5) is 13.2 Å². The van der Waals surface area contributed by atoms with Gasteiger partial charge in [0.05, 0.1) is 5.56 Å². The number of hydrogen-bond acceptors (Lipinski definition) is 2. The van der Waals surface area contributed by atoms with E-state index in [4.69, 9.17) is 0 Å². The predicted octanol–water partition coefficient (Wildman–Crippen LogP) is 3.44. The number of benzene rings is 1. The number of hydrogen-bond donors (Lipinski definition) is 0. The van der Waals surface area contributed by atoms with E-state index in [1.54, 1.807) is 12.1 Å². The number of piperidine rings is 1. The Hall–Kier alpha value is -1.36. The molecule has 0 spiro atoms. The molecule has 3 rings (SSSR count). The Labute approximate surface area is 121 Å². The summed E-state index contributed by atoms with van der Waals surface area (Å²) in [7, 11) is 0. The monoisotopic (exact) mass is 297 g/mol. The van der Waals surface area contributed by atoms with E-state index >= 15 is 0 Å². The number of alkyl halides is 3. The van der Waals surface area contributed by atoms with Crippen LogP contribution in [0.1, 0.15) is 36.8 Å². The lowest BCUT2D eigenvalue weighted by Crippen LogP contribution is -2.44. The van der Waals surface area contributed by atoms with Crippen LogP contribution in [0, 0.1) is 0 Å². The average Bonchev–Trinajstić information content (AvgIpc) is 2.66. The zero-order valence-corrected chi connectivity index (χ0v) is 11.7. The van der Waals surface area contributed by atoms with Crippen molar-refractivity contribution in [3.05, 3.63) is 35.4 Å². The van der Waals surface area contributed by atoms with Crippen molar-refractivity contribution < 1.29 is 18.0 Å². The maximum absolute atomic E-state index is 13.0. The highest BCUT2D eigenvalue weighted by Gasteiger charge is 2.40. The van der Waals surface area contributed by atoms with E-state index in [9.17, 15) is 18.0 Å². The summed E-state index contributed by atoms with van der Waals surface area (Å²) >= 11 is 0. The van der Waals surface area contributed by atoms with Gasteiger partial charge in [-0.25, -0.2) is 0 Å². The summed E-state index contributed by atoms with van der Waals surface area (Å²) in [6.07, 6.45) is -0.784. The van der Waals surface area contributed by atoms with Gasteiger partial charge in [0.25, 0.3) is 0 Å². The Morgan fingerprint density at radius 3 is 2.33 bits per heavy atom. The molecule has 2 atom stereocenters. The van der Waals surface area contributed by atoms with Crippen LogP contribution in [0.3, 0.4) is 0 Å². The standard InChI is InChI=1S/C16H18F3NO/c17-16(18,19)15-4-2-1-3-11(15)7-8-20-12-5-6-13(20)10-14(21)9-12/h1-4,12-13H,5-10H2. The van der Waals surface area contributed by atoms with Crippen molar-refractivity contribution in [1.82, 2.24) is 4.90 Å². The van der Waals surface area contributed by atoms with Gasteiger partial charge < -0.3 is 0 Å². The molecule has 2 heterocycles. The quantitative estimate of drug-likeness (QED) is 0.852. The fraction of sp³-hybridized carbons (Fsp3) is 0.562. The summed E-state index contributed by atoms with van der Waals surface area (Å²) in [5.41, 5.74) is -0.188. The van der Waals surface area contributed by atoms with Crippen molar-refractivity contribution in [2.45, 2.75) is 50.4 Å². The average molecular weight is 297 g/mol. The highest BCUT2D eigenvalue weighted by Crippen LogP contribution is 2.35. The highest BCUT2D eigenvalue weighted by atomic mass is 19.4. The number of fused-ring (bicyclic) bond motifs is 2. The molecule has 0 radical (unpaired) electrons. The summed E-state index contributed by atoms with van der Waals surface area (Å²) in [5.74, 6) is 0.300. The molecule has 1 aromatic carbocycles. The third-order valence-corrected chi connectivity index (χ3v) is 4.66. The first-order chi connectivity index (χ1) is 9.95. The van der Waals surface area contributed by atoms with Crippen molar-refractivity contribution in [3.63, 3.8) is 0 Å². The van der Waals surface area contributed by atoms with Crippen LogP contribution in [0.15, 0.2) is 24.3 Å². The van der Waals surface area contributed by atoms with Crippen molar-refractivity contribution in [2.75, 3.05) is 6.54 Å². The fourth-order valence-electron chi connectivity index (χ4n) is 3.69. The van der Waals surface area contributed by atoms with Gasteiger partial charge >= 0.3 is 6.18 Å². The molecule has 2 nitrogen and oxygen atoms in total. The Morgan fingerprint density at radius 2 is 1.71 bits per heavy atom. The molecule has 0 N–H and O–H groups in total. The van der Waals surface area contributed by atoms with Crippen LogP contribution in [0.25, 0.3) is 0 Å². The van der Waals surface area contributed by atoms with Gasteiger partial charge in [0.15, 0.2) is 0 Å². The fourth-order valence-corrected chi connectivity index (χ4v) is 3.69. The molecule has 2 saturated heterocycles. The van der Waals surface area contributed by atoms with E-state index in [-0.39, 0.29) is 12.1 Å². The predicted molar refractivity (Wildman–Crippen MR) is 72.9 cm³/mol. The second kappa shape index (κ2) is 5.44. The summed E-state index contributed by atoms with van der Waals surface area (Å²) in [4.78, 5) is 13.8. The topological polar surface area (TPSA) is 20.3 Å². The van der Waals surface area contributed by atoms with Gasteiger partial charge in [-0.15, -0.1) is 0 Å². The minimum Gasteiger partial charge on any atom is -0.300 e. The molecule has 21 heavy (non-hydrogen) atoms. The second-order valence-corrected chi connectivity index (χ2v) is 5.97. The van der Waals surface area contributed by atoms with Gasteiger partial charge in [0.1, 0.15) is 5.78 Å². The number of rotatable bonds is 3. The molecule has 114 valence electrons. The Bertz CT molecular complexity index is 525. The van der Waals surface area contributed by atoms with Gasteiger partial charge in [-0.05, 0) is 30.9 Å². The number of nitrogens with zero attached hydrogens (tertiary/aromatic N) is 1. The van der Waals surface area contributed by atoms with Crippen molar-refractivity contribution in [2.24, 2.45) is 0 Å². The first-order valence-corrected chi connectivity index (χ1v) is 7.37. The second-order valence-electron chi connectivity index (χ2n) is 5.97. The molecule has 0 amide bonds. The maximum atomic E-state index is 13.0. The summed E-state index contributed by atoms with van der Waals surface area (Å²) < 4.78 is 38.9. The van der Waals surface area contributed by atoms with Gasteiger partial charge in [0, 0.05) is 31.5 Å².